The molecule has 1 aromatic heterocycles. The average Bonchev–Trinajstić information content (AvgIpc) is 3.21. The normalized spacial score (nSPS) is 15.6. The number of nitrogens with zero attached hydrogens (tertiary/aromatic N) is 1. The maximum Gasteiger partial charge on any atom is 0.267 e. The molecule has 0 spiro atoms. The highest BCUT2D eigenvalue weighted by molar-refractivity contribution is 14.1. The molecule has 0 saturated carbocycles. The van der Waals surface area contributed by atoms with Crippen LogP contribution in [0, 0.1) is 3.57 Å². The molecule has 1 N–H and O–H groups in total. The van der Waals surface area contributed by atoms with Crippen molar-refractivity contribution in [2.24, 2.45) is 0 Å². The molecule has 1 aromatic carbocycles. The van der Waals surface area contributed by atoms with Crippen molar-refractivity contribution in [3.05, 3.63) is 43.1 Å². The van der Waals surface area contributed by atoms with Crippen LogP contribution in [-0.2, 0) is 10.0 Å². The summed E-state index contributed by atoms with van der Waals surface area (Å²) in [6.07, 6.45) is 1.70. The van der Waals surface area contributed by atoms with Crippen LogP contribution >= 0.6 is 45.5 Å². The molecule has 3 rings (SSSR count). The zero-order chi connectivity index (χ0) is 17.3. The number of benzene rings is 1. The first-order valence-electron chi connectivity index (χ1n) is 7.23. The van der Waals surface area contributed by atoms with Crippen molar-refractivity contribution in [1.29, 1.82) is 0 Å². The Hall–Kier alpha value is -0.680. The van der Waals surface area contributed by atoms with Gasteiger partial charge in [0.1, 0.15) is 9.77 Å². The van der Waals surface area contributed by atoms with Crippen LogP contribution in [0.4, 0.5) is 5.69 Å². The molecule has 1 amide bonds. The number of hydrogen-bond acceptors (Lipinski definition) is 4. The van der Waals surface area contributed by atoms with Crippen molar-refractivity contribution < 1.29 is 13.2 Å². The fraction of sp³-hybridized carbons (Fsp3) is 0.267. The van der Waals surface area contributed by atoms with Gasteiger partial charge in [-0.05, 0) is 65.1 Å². The van der Waals surface area contributed by atoms with E-state index in [1.54, 1.807) is 17.5 Å². The Labute approximate surface area is 163 Å². The monoisotopic (exact) mass is 496 g/mol. The van der Waals surface area contributed by atoms with E-state index in [1.807, 2.05) is 6.07 Å². The quantitative estimate of drug-likeness (QED) is 0.650. The molecule has 1 aliphatic rings. The molecule has 0 bridgehead atoms. The number of sulfonamides is 1. The Kier molecular flexibility index (Phi) is 5.50. The van der Waals surface area contributed by atoms with E-state index in [0.29, 0.717) is 23.8 Å². The minimum Gasteiger partial charge on any atom is -0.320 e. The molecule has 0 unspecified atom stereocenters. The fourth-order valence-electron chi connectivity index (χ4n) is 2.50. The first kappa shape index (κ1) is 18.1. The summed E-state index contributed by atoms with van der Waals surface area (Å²) in [6, 6.07) is 6.74. The van der Waals surface area contributed by atoms with Crippen LogP contribution in [0.25, 0.3) is 0 Å². The zero-order valence-electron chi connectivity index (χ0n) is 12.5. The lowest BCUT2D eigenvalue weighted by Gasteiger charge is -2.15. The second-order valence-electron chi connectivity index (χ2n) is 5.30. The Morgan fingerprint density at radius 3 is 2.62 bits per heavy atom. The van der Waals surface area contributed by atoms with E-state index < -0.39 is 15.9 Å². The first-order chi connectivity index (χ1) is 11.4. The summed E-state index contributed by atoms with van der Waals surface area (Å²) < 4.78 is 27.8. The lowest BCUT2D eigenvalue weighted by molar-refractivity contribution is 0.102. The number of nitrogens with one attached hydrogen (secondary N) is 1. The smallest absolute Gasteiger partial charge is 0.267 e. The van der Waals surface area contributed by atoms with Gasteiger partial charge < -0.3 is 5.32 Å². The van der Waals surface area contributed by atoms with E-state index in [2.05, 4.69) is 27.9 Å². The number of anilines is 1. The van der Waals surface area contributed by atoms with Gasteiger partial charge in [-0.3, -0.25) is 4.79 Å². The second kappa shape index (κ2) is 7.28. The van der Waals surface area contributed by atoms with Gasteiger partial charge in [-0.2, -0.15) is 4.31 Å². The zero-order valence-corrected chi connectivity index (χ0v) is 17.0. The number of carbonyl (C=O) groups is 1. The molecule has 2 heterocycles. The molecule has 0 radical (unpaired) electrons. The number of carbonyl (C=O) groups excluding carboxylic acids is 1. The van der Waals surface area contributed by atoms with Gasteiger partial charge in [0.25, 0.3) is 5.91 Å². The second-order valence-corrected chi connectivity index (χ2v) is 9.78. The SMILES string of the molecule is O=C(Nc1ccc(I)cc1Cl)c1sccc1S(=O)(=O)N1CCCC1. The highest BCUT2D eigenvalue weighted by atomic mass is 127. The Morgan fingerprint density at radius 2 is 1.96 bits per heavy atom. The van der Waals surface area contributed by atoms with E-state index in [1.165, 1.54) is 10.4 Å². The van der Waals surface area contributed by atoms with Gasteiger partial charge in [-0.15, -0.1) is 11.3 Å². The Balaban J connectivity index is 1.88. The van der Waals surface area contributed by atoms with Crippen molar-refractivity contribution in [2.75, 3.05) is 18.4 Å². The number of halogens is 2. The largest absolute Gasteiger partial charge is 0.320 e. The summed E-state index contributed by atoms with van der Waals surface area (Å²) in [5, 5.41) is 4.73. The standard InChI is InChI=1S/C15H14ClIN2O3S2/c16-11-9-10(17)3-4-12(11)18-15(20)14-13(5-8-23-14)24(21,22)19-6-1-2-7-19/h3-5,8-9H,1-2,6-7H2,(H,18,20). The molecule has 0 aliphatic carbocycles. The topological polar surface area (TPSA) is 66.5 Å². The van der Waals surface area contributed by atoms with Crippen LogP contribution in [0.3, 0.4) is 0 Å². The summed E-state index contributed by atoms with van der Waals surface area (Å²) in [5.74, 6) is -0.467. The average molecular weight is 497 g/mol. The molecule has 9 heteroatoms. The van der Waals surface area contributed by atoms with Crippen LogP contribution in [0.2, 0.25) is 5.02 Å². The molecule has 128 valence electrons. The summed E-state index contributed by atoms with van der Waals surface area (Å²) >= 11 is 9.36. The van der Waals surface area contributed by atoms with Gasteiger partial charge in [0.05, 0.1) is 10.7 Å². The molecular weight excluding hydrogens is 483 g/mol. The van der Waals surface area contributed by atoms with Crippen LogP contribution in [-0.4, -0.2) is 31.7 Å². The van der Waals surface area contributed by atoms with Crippen molar-refractivity contribution in [1.82, 2.24) is 4.31 Å². The van der Waals surface area contributed by atoms with Crippen LogP contribution in [0.1, 0.15) is 22.5 Å². The lowest BCUT2D eigenvalue weighted by Crippen LogP contribution is -2.29. The molecular formula is C15H14ClIN2O3S2. The van der Waals surface area contributed by atoms with E-state index in [0.717, 1.165) is 27.7 Å². The third-order valence-electron chi connectivity index (χ3n) is 3.70. The highest BCUT2D eigenvalue weighted by Gasteiger charge is 2.31. The third-order valence-corrected chi connectivity index (χ3v) is 7.66. The number of thiophene rings is 1. The molecule has 1 saturated heterocycles. The summed E-state index contributed by atoms with van der Waals surface area (Å²) in [7, 11) is -3.63. The van der Waals surface area contributed by atoms with Crippen molar-refractivity contribution in [2.45, 2.75) is 17.7 Å². The molecule has 24 heavy (non-hydrogen) atoms. The lowest BCUT2D eigenvalue weighted by atomic mass is 10.3. The maximum atomic E-state index is 12.7. The number of hydrogen-bond donors (Lipinski definition) is 1. The van der Waals surface area contributed by atoms with Crippen LogP contribution in [0.5, 0.6) is 0 Å². The first-order valence-corrected chi connectivity index (χ1v) is 11.0. The fourth-order valence-corrected chi connectivity index (χ4v) is 6.22. The van der Waals surface area contributed by atoms with Gasteiger partial charge in [0, 0.05) is 16.7 Å². The van der Waals surface area contributed by atoms with E-state index in [9.17, 15) is 13.2 Å². The van der Waals surface area contributed by atoms with Gasteiger partial charge in [-0.1, -0.05) is 11.6 Å². The van der Waals surface area contributed by atoms with Crippen molar-refractivity contribution in [3.63, 3.8) is 0 Å². The number of rotatable bonds is 4. The molecule has 1 fully saturated rings. The highest BCUT2D eigenvalue weighted by Crippen LogP contribution is 2.30. The van der Waals surface area contributed by atoms with Gasteiger partial charge in [0.15, 0.2) is 0 Å². The molecule has 0 atom stereocenters. The molecule has 1 aliphatic heterocycles. The van der Waals surface area contributed by atoms with Crippen LogP contribution < -0.4 is 5.32 Å². The summed E-state index contributed by atoms with van der Waals surface area (Å²) in [5.41, 5.74) is 0.458. The molecule has 5 nitrogen and oxygen atoms in total. The maximum absolute atomic E-state index is 12.7. The van der Waals surface area contributed by atoms with E-state index in [-0.39, 0.29) is 9.77 Å². The Morgan fingerprint density at radius 1 is 1.25 bits per heavy atom. The van der Waals surface area contributed by atoms with E-state index in [4.69, 9.17) is 11.6 Å². The number of amides is 1. The van der Waals surface area contributed by atoms with Gasteiger partial charge in [0.2, 0.25) is 10.0 Å². The van der Waals surface area contributed by atoms with Crippen molar-refractivity contribution in [3.8, 4) is 0 Å². The van der Waals surface area contributed by atoms with Crippen LogP contribution in [0.15, 0.2) is 34.5 Å². The summed E-state index contributed by atoms with van der Waals surface area (Å²) in [6.45, 7) is 1.00. The predicted molar refractivity (Wildman–Crippen MR) is 104 cm³/mol. The van der Waals surface area contributed by atoms with Crippen molar-refractivity contribution >= 4 is 67.1 Å². The van der Waals surface area contributed by atoms with Gasteiger partial charge >= 0.3 is 0 Å². The van der Waals surface area contributed by atoms with Gasteiger partial charge in [-0.25, -0.2) is 8.42 Å². The Bertz CT molecular complexity index is 877. The predicted octanol–water partition coefficient (Wildman–Crippen LogP) is 4.04. The minimum absolute atomic E-state index is 0.0635. The van der Waals surface area contributed by atoms with E-state index >= 15 is 0 Å². The minimum atomic E-state index is -3.63. The molecule has 2 aromatic rings. The summed E-state index contributed by atoms with van der Waals surface area (Å²) in [4.78, 5) is 12.8. The third kappa shape index (κ3) is 3.62.